The van der Waals surface area contributed by atoms with E-state index in [1.807, 2.05) is 6.92 Å². The van der Waals surface area contributed by atoms with E-state index in [1.165, 1.54) is 35.6 Å². The van der Waals surface area contributed by atoms with E-state index in [-0.39, 0.29) is 10.9 Å². The number of hydrogen-bond donors (Lipinski definition) is 0. The summed E-state index contributed by atoms with van der Waals surface area (Å²) in [6, 6.07) is 11.1. The van der Waals surface area contributed by atoms with Crippen molar-refractivity contribution in [3.05, 3.63) is 58.4 Å². The number of carbonyl (C=O) groups is 2. The molecule has 4 rings (SSSR count). The molecule has 8 nitrogen and oxygen atoms in total. The zero-order chi connectivity index (χ0) is 24.5. The van der Waals surface area contributed by atoms with Gasteiger partial charge in [-0.3, -0.25) is 4.79 Å². The zero-order valence-electron chi connectivity index (χ0n) is 19.4. The molecule has 0 aliphatic carbocycles. The number of benzene rings is 2. The lowest BCUT2D eigenvalue weighted by atomic mass is 10.1. The molecule has 0 bridgehead atoms. The maximum atomic E-state index is 13.0. The van der Waals surface area contributed by atoms with Crippen LogP contribution in [0.15, 0.2) is 52.4 Å². The Hall–Kier alpha value is -2.82. The van der Waals surface area contributed by atoms with E-state index in [0.717, 1.165) is 29.5 Å². The number of sulfonamides is 1. The minimum absolute atomic E-state index is 0.0348. The minimum Gasteiger partial charge on any atom is -0.462 e. The fourth-order valence-electron chi connectivity index (χ4n) is 4.07. The lowest BCUT2D eigenvalue weighted by molar-refractivity contribution is 0.0526. The Morgan fingerprint density at radius 1 is 1.12 bits per heavy atom. The Balaban J connectivity index is 1.60. The maximum absolute atomic E-state index is 13.0. The van der Waals surface area contributed by atoms with Crippen LogP contribution in [0.1, 0.15) is 53.8 Å². The van der Waals surface area contributed by atoms with Crippen LogP contribution in [0.3, 0.4) is 0 Å². The van der Waals surface area contributed by atoms with Crippen LogP contribution in [-0.2, 0) is 21.8 Å². The molecule has 0 radical (unpaired) electrons. The minimum atomic E-state index is -3.60. The number of aromatic nitrogens is 1. The highest BCUT2D eigenvalue weighted by Crippen LogP contribution is 2.25. The first-order chi connectivity index (χ1) is 16.2. The van der Waals surface area contributed by atoms with Crippen LogP contribution in [0.4, 0.5) is 0 Å². The van der Waals surface area contributed by atoms with E-state index in [2.05, 4.69) is 4.99 Å². The van der Waals surface area contributed by atoms with Gasteiger partial charge in [0.1, 0.15) is 0 Å². The summed E-state index contributed by atoms with van der Waals surface area (Å²) in [5.41, 5.74) is 1.57. The SMILES string of the molecule is CCOC(=O)c1ccc2c(c1)sc(=NC(=O)c1ccc(S(=O)(=O)N3CCCC[C@@H]3C)cc1)n2C. The molecule has 0 spiro atoms. The van der Waals surface area contributed by atoms with Gasteiger partial charge in [0, 0.05) is 25.2 Å². The zero-order valence-corrected chi connectivity index (χ0v) is 21.0. The summed E-state index contributed by atoms with van der Waals surface area (Å²) in [6.07, 6.45) is 2.73. The second kappa shape index (κ2) is 9.81. The number of amides is 1. The molecule has 2 heterocycles. The molecule has 0 N–H and O–H groups in total. The molecule has 1 aromatic heterocycles. The molecular weight excluding hydrogens is 474 g/mol. The maximum Gasteiger partial charge on any atom is 0.338 e. The molecule has 1 amide bonds. The van der Waals surface area contributed by atoms with Gasteiger partial charge < -0.3 is 9.30 Å². The van der Waals surface area contributed by atoms with Crippen molar-refractivity contribution in [1.29, 1.82) is 0 Å². The summed E-state index contributed by atoms with van der Waals surface area (Å²) in [4.78, 5) is 29.7. The number of thiazole rings is 1. The molecule has 1 aliphatic rings. The van der Waals surface area contributed by atoms with E-state index in [0.29, 0.717) is 29.1 Å². The van der Waals surface area contributed by atoms with Crippen LogP contribution in [0.2, 0.25) is 0 Å². The van der Waals surface area contributed by atoms with Crippen molar-refractivity contribution in [3.63, 3.8) is 0 Å². The number of fused-ring (bicyclic) bond motifs is 1. The number of ether oxygens (including phenoxy) is 1. The average molecular weight is 502 g/mol. The van der Waals surface area contributed by atoms with Crippen LogP contribution in [0, 0.1) is 0 Å². The second-order valence-corrected chi connectivity index (χ2v) is 11.1. The monoisotopic (exact) mass is 501 g/mol. The number of carbonyl (C=O) groups excluding carboxylic acids is 2. The third-order valence-electron chi connectivity index (χ3n) is 5.97. The molecule has 3 aromatic rings. The molecule has 10 heteroatoms. The molecule has 1 saturated heterocycles. The van der Waals surface area contributed by atoms with Crippen LogP contribution < -0.4 is 4.80 Å². The Morgan fingerprint density at radius 2 is 1.82 bits per heavy atom. The largest absolute Gasteiger partial charge is 0.462 e. The van der Waals surface area contributed by atoms with Crippen molar-refractivity contribution in [2.45, 2.75) is 44.0 Å². The van der Waals surface area contributed by atoms with Gasteiger partial charge in [0.25, 0.3) is 5.91 Å². The van der Waals surface area contributed by atoms with Gasteiger partial charge in [-0.15, -0.1) is 0 Å². The third kappa shape index (κ3) is 4.70. The van der Waals surface area contributed by atoms with Crippen molar-refractivity contribution in [1.82, 2.24) is 8.87 Å². The topological polar surface area (TPSA) is 98.0 Å². The molecule has 1 fully saturated rings. The number of rotatable bonds is 5. The highest BCUT2D eigenvalue weighted by molar-refractivity contribution is 7.89. The van der Waals surface area contributed by atoms with E-state index in [4.69, 9.17) is 4.74 Å². The fraction of sp³-hybridized carbons (Fsp3) is 0.375. The lowest BCUT2D eigenvalue weighted by Gasteiger charge is -2.32. The first kappa shape index (κ1) is 24.3. The Morgan fingerprint density at radius 3 is 2.50 bits per heavy atom. The Labute approximate surface area is 202 Å². The third-order valence-corrected chi connectivity index (χ3v) is 9.09. The molecule has 1 atom stereocenters. The van der Waals surface area contributed by atoms with E-state index >= 15 is 0 Å². The summed E-state index contributed by atoms with van der Waals surface area (Å²) in [5, 5.41) is 0. The molecule has 1 aliphatic heterocycles. The van der Waals surface area contributed by atoms with Gasteiger partial charge in [-0.25, -0.2) is 13.2 Å². The number of nitrogens with zero attached hydrogens (tertiary/aromatic N) is 3. The smallest absolute Gasteiger partial charge is 0.338 e. The highest BCUT2D eigenvalue weighted by Gasteiger charge is 2.30. The Bertz CT molecular complexity index is 1400. The van der Waals surface area contributed by atoms with Gasteiger partial charge in [0.05, 0.1) is 27.3 Å². The first-order valence-corrected chi connectivity index (χ1v) is 13.5. The molecular formula is C24H27N3O5S2. The van der Waals surface area contributed by atoms with Crippen LogP contribution >= 0.6 is 11.3 Å². The molecule has 0 unspecified atom stereocenters. The van der Waals surface area contributed by atoms with Gasteiger partial charge in [-0.2, -0.15) is 9.30 Å². The summed E-state index contributed by atoms with van der Waals surface area (Å²) in [5.74, 6) is -0.868. The highest BCUT2D eigenvalue weighted by atomic mass is 32.2. The molecule has 34 heavy (non-hydrogen) atoms. The quantitative estimate of drug-likeness (QED) is 0.496. The van der Waals surface area contributed by atoms with Crippen molar-refractivity contribution in [2.75, 3.05) is 13.2 Å². The number of esters is 1. The van der Waals surface area contributed by atoms with Crippen molar-refractivity contribution in [2.24, 2.45) is 12.0 Å². The summed E-state index contributed by atoms with van der Waals surface area (Å²) in [7, 11) is -1.80. The summed E-state index contributed by atoms with van der Waals surface area (Å²) >= 11 is 1.29. The number of aryl methyl sites for hydroxylation is 1. The summed E-state index contributed by atoms with van der Waals surface area (Å²) in [6.45, 7) is 4.48. The number of piperidine rings is 1. The van der Waals surface area contributed by atoms with Crippen LogP contribution in [-0.4, -0.2) is 48.4 Å². The summed E-state index contributed by atoms with van der Waals surface area (Å²) < 4.78 is 35.2. The van der Waals surface area contributed by atoms with E-state index in [1.54, 1.807) is 41.0 Å². The van der Waals surface area contributed by atoms with Gasteiger partial charge in [0.15, 0.2) is 4.80 Å². The van der Waals surface area contributed by atoms with E-state index < -0.39 is 21.9 Å². The van der Waals surface area contributed by atoms with Crippen LogP contribution in [0.5, 0.6) is 0 Å². The fourth-order valence-corrected chi connectivity index (χ4v) is 6.82. The van der Waals surface area contributed by atoms with Crippen molar-refractivity contribution < 1.29 is 22.7 Å². The van der Waals surface area contributed by atoms with Gasteiger partial charge in [0.2, 0.25) is 10.0 Å². The van der Waals surface area contributed by atoms with Gasteiger partial charge in [-0.1, -0.05) is 17.8 Å². The van der Waals surface area contributed by atoms with E-state index in [9.17, 15) is 18.0 Å². The van der Waals surface area contributed by atoms with Gasteiger partial charge >= 0.3 is 5.97 Å². The Kier molecular flexibility index (Phi) is 7.01. The predicted octanol–water partition coefficient (Wildman–Crippen LogP) is 3.72. The molecule has 0 saturated carbocycles. The lowest BCUT2D eigenvalue weighted by Crippen LogP contribution is -2.41. The average Bonchev–Trinajstić information content (AvgIpc) is 3.13. The number of hydrogen-bond acceptors (Lipinski definition) is 6. The van der Waals surface area contributed by atoms with Crippen molar-refractivity contribution in [3.8, 4) is 0 Å². The normalized spacial score (nSPS) is 17.7. The predicted molar refractivity (Wildman–Crippen MR) is 130 cm³/mol. The van der Waals surface area contributed by atoms with Gasteiger partial charge in [-0.05, 0) is 69.2 Å². The first-order valence-electron chi connectivity index (χ1n) is 11.2. The second-order valence-electron chi connectivity index (χ2n) is 8.25. The molecule has 2 aromatic carbocycles. The van der Waals surface area contributed by atoms with Crippen LogP contribution in [0.25, 0.3) is 10.2 Å². The van der Waals surface area contributed by atoms with Crippen molar-refractivity contribution >= 4 is 43.5 Å². The molecule has 180 valence electrons. The standard InChI is InChI=1S/C24H27N3O5S2/c1-4-32-23(29)18-10-13-20-21(15-18)33-24(26(20)3)25-22(28)17-8-11-19(12-9-17)34(30,31)27-14-6-5-7-16(27)2/h8-13,15-16H,4-7,14H2,1-3H3/t16-/m0/s1.